The number of hydrogen-bond acceptors (Lipinski definition) is 5. The largest absolute Gasteiger partial charge is 0.385 e. The molecule has 0 atom stereocenters. The van der Waals surface area contributed by atoms with E-state index in [2.05, 4.69) is 10.3 Å². The second-order valence-corrected chi connectivity index (χ2v) is 4.59. The lowest BCUT2D eigenvalue weighted by Crippen LogP contribution is -2.31. The van der Waals surface area contributed by atoms with Crippen LogP contribution in [0, 0.1) is 0 Å². The van der Waals surface area contributed by atoms with E-state index < -0.39 is 0 Å². The molecule has 0 aliphatic rings. The number of nitrogens with one attached hydrogen (secondary N) is 1. The second kappa shape index (κ2) is 10.1. The highest BCUT2D eigenvalue weighted by Gasteiger charge is 2.13. The summed E-state index contributed by atoms with van der Waals surface area (Å²) < 4.78 is 5.31. The van der Waals surface area contributed by atoms with E-state index in [0.29, 0.717) is 38.5 Å². The SMILES string of the molecule is CCN(CC)C(=O)c1cc(NCCCOCCN)ccn1. The molecule has 1 aromatic rings. The first-order valence-electron chi connectivity index (χ1n) is 7.49. The van der Waals surface area contributed by atoms with E-state index in [4.69, 9.17) is 10.5 Å². The van der Waals surface area contributed by atoms with E-state index in [0.717, 1.165) is 18.7 Å². The molecule has 6 nitrogen and oxygen atoms in total. The fourth-order valence-electron chi connectivity index (χ4n) is 1.92. The Hall–Kier alpha value is -1.66. The number of carbonyl (C=O) groups excluding carboxylic acids is 1. The summed E-state index contributed by atoms with van der Waals surface area (Å²) in [7, 11) is 0. The lowest BCUT2D eigenvalue weighted by molar-refractivity contribution is 0.0767. The Morgan fingerprint density at radius 2 is 2.14 bits per heavy atom. The van der Waals surface area contributed by atoms with Crippen molar-refractivity contribution in [2.45, 2.75) is 20.3 Å². The molecule has 0 saturated heterocycles. The van der Waals surface area contributed by atoms with Gasteiger partial charge in [0.15, 0.2) is 0 Å². The summed E-state index contributed by atoms with van der Waals surface area (Å²) in [6.07, 6.45) is 2.55. The minimum atomic E-state index is -0.0325. The van der Waals surface area contributed by atoms with Crippen molar-refractivity contribution in [3.8, 4) is 0 Å². The van der Waals surface area contributed by atoms with Gasteiger partial charge in [0.25, 0.3) is 5.91 Å². The lowest BCUT2D eigenvalue weighted by atomic mass is 10.2. The first-order valence-corrected chi connectivity index (χ1v) is 7.49. The van der Waals surface area contributed by atoms with Gasteiger partial charge in [-0.1, -0.05) is 0 Å². The number of pyridine rings is 1. The topological polar surface area (TPSA) is 80.5 Å². The van der Waals surface area contributed by atoms with Crippen LogP contribution in [0.5, 0.6) is 0 Å². The smallest absolute Gasteiger partial charge is 0.272 e. The average Bonchev–Trinajstić information content (AvgIpc) is 2.52. The van der Waals surface area contributed by atoms with Crippen LogP contribution in [-0.4, -0.2) is 55.2 Å². The summed E-state index contributed by atoms with van der Waals surface area (Å²) in [5.74, 6) is -0.0325. The number of amides is 1. The molecule has 1 rings (SSSR count). The molecule has 0 radical (unpaired) electrons. The first kappa shape index (κ1) is 17.4. The van der Waals surface area contributed by atoms with Gasteiger partial charge in [-0.15, -0.1) is 0 Å². The van der Waals surface area contributed by atoms with Crippen molar-refractivity contribution in [2.24, 2.45) is 5.73 Å². The Bertz CT molecular complexity index is 422. The first-order chi connectivity index (χ1) is 10.2. The van der Waals surface area contributed by atoms with Crippen LogP contribution in [0.3, 0.4) is 0 Å². The predicted molar refractivity (Wildman–Crippen MR) is 84.5 cm³/mol. The number of anilines is 1. The molecular weight excluding hydrogens is 268 g/mol. The maximum Gasteiger partial charge on any atom is 0.272 e. The summed E-state index contributed by atoms with van der Waals surface area (Å²) in [5, 5.41) is 3.27. The monoisotopic (exact) mass is 294 g/mol. The second-order valence-electron chi connectivity index (χ2n) is 4.59. The van der Waals surface area contributed by atoms with Gasteiger partial charge in [-0.25, -0.2) is 0 Å². The highest BCUT2D eigenvalue weighted by Crippen LogP contribution is 2.10. The Morgan fingerprint density at radius 1 is 1.38 bits per heavy atom. The number of ether oxygens (including phenoxy) is 1. The van der Waals surface area contributed by atoms with E-state index in [1.165, 1.54) is 0 Å². The zero-order valence-corrected chi connectivity index (χ0v) is 13.0. The average molecular weight is 294 g/mol. The van der Waals surface area contributed by atoms with Crippen molar-refractivity contribution >= 4 is 11.6 Å². The fourth-order valence-corrected chi connectivity index (χ4v) is 1.92. The number of carbonyl (C=O) groups is 1. The van der Waals surface area contributed by atoms with Gasteiger partial charge < -0.3 is 20.7 Å². The van der Waals surface area contributed by atoms with Gasteiger partial charge in [0, 0.05) is 44.7 Å². The Labute approximate surface area is 126 Å². The number of hydrogen-bond donors (Lipinski definition) is 2. The predicted octanol–water partition coefficient (Wildman–Crippen LogP) is 1.34. The summed E-state index contributed by atoms with van der Waals surface area (Å²) in [6.45, 7) is 7.91. The molecule has 6 heteroatoms. The van der Waals surface area contributed by atoms with Crippen molar-refractivity contribution in [1.29, 1.82) is 0 Å². The summed E-state index contributed by atoms with van der Waals surface area (Å²) >= 11 is 0. The zero-order chi connectivity index (χ0) is 15.5. The van der Waals surface area contributed by atoms with Crippen LogP contribution in [0.15, 0.2) is 18.3 Å². The van der Waals surface area contributed by atoms with Crippen LogP contribution in [0.1, 0.15) is 30.8 Å². The molecule has 1 heterocycles. The molecule has 0 saturated carbocycles. The van der Waals surface area contributed by atoms with Crippen LogP contribution in [0.25, 0.3) is 0 Å². The van der Waals surface area contributed by atoms with E-state index >= 15 is 0 Å². The minimum absolute atomic E-state index is 0.0325. The third-order valence-electron chi connectivity index (χ3n) is 3.09. The Kier molecular flexibility index (Phi) is 8.38. The van der Waals surface area contributed by atoms with Crippen molar-refractivity contribution in [1.82, 2.24) is 9.88 Å². The van der Waals surface area contributed by atoms with Crippen LogP contribution in [-0.2, 0) is 4.74 Å². The third kappa shape index (κ3) is 6.10. The number of nitrogens with two attached hydrogens (primary N) is 1. The normalized spacial score (nSPS) is 10.4. The summed E-state index contributed by atoms with van der Waals surface area (Å²) in [5.41, 5.74) is 6.72. The standard InChI is InChI=1S/C15H26N4O2/c1-3-19(4-2)15(20)14-12-13(6-9-18-14)17-8-5-10-21-11-7-16/h6,9,12H,3-5,7-8,10-11,16H2,1-2H3,(H,17,18). The van der Waals surface area contributed by atoms with E-state index in [1.54, 1.807) is 17.2 Å². The van der Waals surface area contributed by atoms with Gasteiger partial charge in [0.05, 0.1) is 6.61 Å². The molecule has 0 aromatic carbocycles. The highest BCUT2D eigenvalue weighted by molar-refractivity contribution is 5.93. The van der Waals surface area contributed by atoms with Gasteiger partial charge in [0.1, 0.15) is 5.69 Å². The lowest BCUT2D eigenvalue weighted by Gasteiger charge is -2.18. The van der Waals surface area contributed by atoms with Gasteiger partial charge >= 0.3 is 0 Å². The van der Waals surface area contributed by atoms with Gasteiger partial charge in [-0.05, 0) is 32.4 Å². The third-order valence-corrected chi connectivity index (χ3v) is 3.09. The summed E-state index contributed by atoms with van der Waals surface area (Å²) in [4.78, 5) is 18.1. The van der Waals surface area contributed by atoms with Gasteiger partial charge in [-0.3, -0.25) is 9.78 Å². The number of aromatic nitrogens is 1. The summed E-state index contributed by atoms with van der Waals surface area (Å²) in [6, 6.07) is 3.65. The maximum atomic E-state index is 12.2. The number of nitrogens with zero attached hydrogens (tertiary/aromatic N) is 2. The molecule has 118 valence electrons. The van der Waals surface area contributed by atoms with E-state index in [-0.39, 0.29) is 5.91 Å². The van der Waals surface area contributed by atoms with Crippen molar-refractivity contribution in [3.05, 3.63) is 24.0 Å². The molecule has 1 aromatic heterocycles. The molecule has 0 bridgehead atoms. The molecule has 0 fully saturated rings. The van der Waals surface area contributed by atoms with Crippen LogP contribution in [0.4, 0.5) is 5.69 Å². The van der Waals surface area contributed by atoms with Gasteiger partial charge in [0.2, 0.25) is 0 Å². The molecule has 21 heavy (non-hydrogen) atoms. The molecule has 0 unspecified atom stereocenters. The van der Waals surface area contributed by atoms with Crippen molar-refractivity contribution in [3.63, 3.8) is 0 Å². The maximum absolute atomic E-state index is 12.2. The fraction of sp³-hybridized carbons (Fsp3) is 0.600. The molecule has 1 amide bonds. The van der Waals surface area contributed by atoms with Crippen molar-refractivity contribution in [2.75, 3.05) is 44.7 Å². The molecule has 0 spiro atoms. The molecule has 3 N–H and O–H groups in total. The van der Waals surface area contributed by atoms with Crippen LogP contribution >= 0.6 is 0 Å². The minimum Gasteiger partial charge on any atom is -0.385 e. The van der Waals surface area contributed by atoms with Crippen LogP contribution in [0.2, 0.25) is 0 Å². The Morgan fingerprint density at radius 3 is 2.81 bits per heavy atom. The van der Waals surface area contributed by atoms with Crippen LogP contribution < -0.4 is 11.1 Å². The Balaban J connectivity index is 2.47. The van der Waals surface area contributed by atoms with Crippen molar-refractivity contribution < 1.29 is 9.53 Å². The van der Waals surface area contributed by atoms with E-state index in [1.807, 2.05) is 19.9 Å². The number of rotatable bonds is 10. The molecular formula is C15H26N4O2. The molecule has 0 aliphatic heterocycles. The van der Waals surface area contributed by atoms with Gasteiger partial charge in [-0.2, -0.15) is 0 Å². The molecule has 0 aliphatic carbocycles. The quantitative estimate of drug-likeness (QED) is 0.637. The highest BCUT2D eigenvalue weighted by atomic mass is 16.5. The zero-order valence-electron chi connectivity index (χ0n) is 13.0. The van der Waals surface area contributed by atoms with E-state index in [9.17, 15) is 4.79 Å².